The van der Waals surface area contributed by atoms with Crippen LogP contribution in [0.1, 0.15) is 23.2 Å². The van der Waals surface area contributed by atoms with E-state index in [2.05, 4.69) is 59.2 Å². The van der Waals surface area contributed by atoms with Gasteiger partial charge in [0.1, 0.15) is 0 Å². The summed E-state index contributed by atoms with van der Waals surface area (Å²) in [4.78, 5) is 0. The minimum absolute atomic E-state index is 0.195. The van der Waals surface area contributed by atoms with Crippen LogP contribution in [0.15, 0.2) is 60.7 Å². The van der Waals surface area contributed by atoms with Crippen molar-refractivity contribution in [3.63, 3.8) is 0 Å². The molecule has 1 fully saturated rings. The van der Waals surface area contributed by atoms with Crippen LogP contribution in [-0.2, 0) is 0 Å². The van der Waals surface area contributed by atoms with Crippen molar-refractivity contribution < 1.29 is 0 Å². The molecule has 1 saturated heterocycles. The molecule has 0 spiro atoms. The molecule has 2 aromatic rings. The molecule has 2 aromatic carbocycles. The molecule has 0 aliphatic carbocycles. The van der Waals surface area contributed by atoms with Crippen molar-refractivity contribution in [1.82, 2.24) is 10.6 Å². The van der Waals surface area contributed by atoms with Crippen LogP contribution in [0.5, 0.6) is 0 Å². The third-order valence-electron chi connectivity index (χ3n) is 3.22. The Balaban J connectivity index is 1.96. The highest BCUT2D eigenvalue weighted by Gasteiger charge is 2.31. The molecule has 90 valence electrons. The Morgan fingerprint density at radius 2 is 1.06 bits per heavy atom. The lowest BCUT2D eigenvalue weighted by molar-refractivity contribution is 0.554. The van der Waals surface area contributed by atoms with Gasteiger partial charge in [0.05, 0.1) is 12.1 Å². The summed E-state index contributed by atoms with van der Waals surface area (Å²) >= 11 is 5.25. The van der Waals surface area contributed by atoms with E-state index in [-0.39, 0.29) is 12.1 Å². The maximum atomic E-state index is 5.25. The number of thiocarbonyl (C=S) groups is 1. The van der Waals surface area contributed by atoms with E-state index in [0.717, 1.165) is 5.11 Å². The molecule has 2 atom stereocenters. The second kappa shape index (κ2) is 4.78. The Kier molecular flexibility index (Phi) is 2.99. The Morgan fingerprint density at radius 3 is 1.44 bits per heavy atom. The summed E-state index contributed by atoms with van der Waals surface area (Å²) in [6.45, 7) is 0. The van der Waals surface area contributed by atoms with Gasteiger partial charge in [0.15, 0.2) is 5.11 Å². The van der Waals surface area contributed by atoms with Crippen LogP contribution in [0.3, 0.4) is 0 Å². The molecule has 1 heterocycles. The van der Waals surface area contributed by atoms with Gasteiger partial charge in [0, 0.05) is 0 Å². The molecule has 0 amide bonds. The minimum atomic E-state index is 0.195. The van der Waals surface area contributed by atoms with Crippen LogP contribution in [0.25, 0.3) is 0 Å². The maximum absolute atomic E-state index is 5.25. The first kappa shape index (κ1) is 11.2. The van der Waals surface area contributed by atoms with Gasteiger partial charge in [-0.3, -0.25) is 0 Å². The fraction of sp³-hybridized carbons (Fsp3) is 0.133. The van der Waals surface area contributed by atoms with E-state index in [0.29, 0.717) is 0 Å². The summed E-state index contributed by atoms with van der Waals surface area (Å²) in [7, 11) is 0. The van der Waals surface area contributed by atoms with Gasteiger partial charge >= 0.3 is 0 Å². The molecule has 0 radical (unpaired) electrons. The smallest absolute Gasteiger partial charge is 0.167 e. The molecule has 0 aromatic heterocycles. The van der Waals surface area contributed by atoms with Gasteiger partial charge in [-0.25, -0.2) is 0 Å². The predicted molar refractivity (Wildman–Crippen MR) is 77.2 cm³/mol. The first-order valence-electron chi connectivity index (χ1n) is 6.01. The minimum Gasteiger partial charge on any atom is -0.353 e. The van der Waals surface area contributed by atoms with Crippen molar-refractivity contribution in [1.29, 1.82) is 0 Å². The number of hydrogen-bond acceptors (Lipinski definition) is 1. The van der Waals surface area contributed by atoms with Crippen LogP contribution < -0.4 is 10.6 Å². The van der Waals surface area contributed by atoms with E-state index in [4.69, 9.17) is 12.2 Å². The average molecular weight is 254 g/mol. The molecular weight excluding hydrogens is 240 g/mol. The Labute approximate surface area is 112 Å². The highest BCUT2D eigenvalue weighted by atomic mass is 32.1. The van der Waals surface area contributed by atoms with Gasteiger partial charge < -0.3 is 10.6 Å². The van der Waals surface area contributed by atoms with E-state index in [1.165, 1.54) is 11.1 Å². The van der Waals surface area contributed by atoms with Gasteiger partial charge in [-0.1, -0.05) is 60.7 Å². The van der Waals surface area contributed by atoms with E-state index in [1.807, 2.05) is 12.1 Å². The van der Waals surface area contributed by atoms with Gasteiger partial charge in [0.2, 0.25) is 0 Å². The zero-order valence-corrected chi connectivity index (χ0v) is 10.7. The molecule has 2 nitrogen and oxygen atoms in total. The van der Waals surface area contributed by atoms with Crippen molar-refractivity contribution in [3.05, 3.63) is 71.8 Å². The summed E-state index contributed by atoms with van der Waals surface area (Å²) in [5, 5.41) is 7.40. The topological polar surface area (TPSA) is 24.1 Å². The van der Waals surface area contributed by atoms with Crippen molar-refractivity contribution in [2.24, 2.45) is 0 Å². The lowest BCUT2D eigenvalue weighted by Gasteiger charge is -2.19. The lowest BCUT2D eigenvalue weighted by Crippen LogP contribution is -2.21. The van der Waals surface area contributed by atoms with Crippen molar-refractivity contribution in [2.45, 2.75) is 12.1 Å². The van der Waals surface area contributed by atoms with E-state index in [9.17, 15) is 0 Å². The quantitative estimate of drug-likeness (QED) is 0.806. The van der Waals surface area contributed by atoms with Crippen LogP contribution in [0, 0.1) is 0 Å². The number of nitrogens with one attached hydrogen (secondary N) is 2. The van der Waals surface area contributed by atoms with Gasteiger partial charge in [0.25, 0.3) is 0 Å². The fourth-order valence-corrected chi connectivity index (χ4v) is 2.62. The van der Waals surface area contributed by atoms with Crippen molar-refractivity contribution >= 4 is 17.3 Å². The fourth-order valence-electron chi connectivity index (χ4n) is 2.36. The monoisotopic (exact) mass is 254 g/mol. The molecule has 0 saturated carbocycles. The van der Waals surface area contributed by atoms with E-state index >= 15 is 0 Å². The summed E-state index contributed by atoms with van der Waals surface area (Å²) in [6, 6.07) is 21.2. The summed E-state index contributed by atoms with van der Waals surface area (Å²) in [5.74, 6) is 0. The molecule has 1 aliphatic rings. The summed E-state index contributed by atoms with van der Waals surface area (Å²) in [5.41, 5.74) is 2.50. The summed E-state index contributed by atoms with van der Waals surface area (Å²) in [6.07, 6.45) is 0. The third-order valence-corrected chi connectivity index (χ3v) is 3.46. The van der Waals surface area contributed by atoms with Crippen molar-refractivity contribution in [2.75, 3.05) is 0 Å². The summed E-state index contributed by atoms with van der Waals surface area (Å²) < 4.78 is 0. The molecular formula is C15H14N2S. The molecule has 18 heavy (non-hydrogen) atoms. The Bertz CT molecular complexity index is 489. The maximum Gasteiger partial charge on any atom is 0.167 e. The van der Waals surface area contributed by atoms with E-state index < -0.39 is 0 Å². The highest BCUT2D eigenvalue weighted by Crippen LogP contribution is 2.32. The standard InChI is InChI=1S/C15H14N2S/c18-15-16-13(11-7-3-1-4-8-11)14(17-15)12-9-5-2-6-10-12/h1-10,13-14H,(H2,16,17,18)/t13-,14-/m0/s1. The number of hydrogen-bond donors (Lipinski definition) is 2. The first-order valence-corrected chi connectivity index (χ1v) is 6.42. The SMILES string of the molecule is S=C1N[C@@H](c2ccccc2)[C@H](c2ccccc2)N1. The largest absolute Gasteiger partial charge is 0.353 e. The number of benzene rings is 2. The van der Waals surface area contributed by atoms with Gasteiger partial charge in [-0.2, -0.15) is 0 Å². The number of rotatable bonds is 2. The van der Waals surface area contributed by atoms with Crippen molar-refractivity contribution in [3.8, 4) is 0 Å². The highest BCUT2D eigenvalue weighted by molar-refractivity contribution is 7.80. The van der Waals surface area contributed by atoms with Crippen LogP contribution >= 0.6 is 12.2 Å². The third kappa shape index (κ3) is 2.09. The lowest BCUT2D eigenvalue weighted by atomic mass is 9.95. The normalized spacial score (nSPS) is 22.3. The van der Waals surface area contributed by atoms with Gasteiger partial charge in [-0.15, -0.1) is 0 Å². The van der Waals surface area contributed by atoms with Crippen LogP contribution in [0.4, 0.5) is 0 Å². The molecule has 3 rings (SSSR count). The van der Waals surface area contributed by atoms with Crippen LogP contribution in [-0.4, -0.2) is 5.11 Å². The average Bonchev–Trinajstić information content (AvgIpc) is 2.83. The molecule has 0 unspecified atom stereocenters. The molecule has 2 N–H and O–H groups in total. The Morgan fingerprint density at radius 1 is 0.667 bits per heavy atom. The van der Waals surface area contributed by atoms with E-state index in [1.54, 1.807) is 0 Å². The first-order chi connectivity index (χ1) is 8.84. The van der Waals surface area contributed by atoms with Crippen LogP contribution in [0.2, 0.25) is 0 Å². The predicted octanol–water partition coefficient (Wildman–Crippen LogP) is 2.95. The van der Waals surface area contributed by atoms with Gasteiger partial charge in [-0.05, 0) is 23.3 Å². The zero-order valence-electron chi connectivity index (χ0n) is 9.84. The Hall–Kier alpha value is -1.87. The second-order valence-corrected chi connectivity index (χ2v) is 4.80. The second-order valence-electron chi connectivity index (χ2n) is 4.39. The molecule has 0 bridgehead atoms. The zero-order chi connectivity index (χ0) is 12.4. The molecule has 3 heteroatoms. The molecule has 1 aliphatic heterocycles.